The van der Waals surface area contributed by atoms with E-state index in [0.29, 0.717) is 18.0 Å². The number of rotatable bonds is 8. The largest absolute Gasteiger partial charge is 0.332 e. The van der Waals surface area contributed by atoms with Crippen molar-refractivity contribution in [1.29, 1.82) is 0 Å². The predicted molar refractivity (Wildman–Crippen MR) is 116 cm³/mol. The third-order valence-corrected chi connectivity index (χ3v) is 6.14. The first-order valence-electron chi connectivity index (χ1n) is 9.23. The average Bonchev–Trinajstić information content (AvgIpc) is 3.39. The van der Waals surface area contributed by atoms with Crippen molar-refractivity contribution in [2.24, 2.45) is 0 Å². The predicted octanol–water partition coefficient (Wildman–Crippen LogP) is 4.89. The Kier molecular flexibility index (Phi) is 7.01. The molecule has 0 saturated heterocycles. The maximum atomic E-state index is 13.2. The van der Waals surface area contributed by atoms with Crippen molar-refractivity contribution in [3.8, 4) is 0 Å². The van der Waals surface area contributed by atoms with Crippen LogP contribution in [0, 0.1) is 0 Å². The summed E-state index contributed by atoms with van der Waals surface area (Å²) in [5, 5.41) is 3.90. The second kappa shape index (κ2) is 9.66. The third kappa shape index (κ3) is 5.30. The fraction of sp³-hybridized carbons (Fsp3) is 0.273. The number of hydrogen-bond acceptors (Lipinski definition) is 4. The molecule has 0 atom stereocenters. The van der Waals surface area contributed by atoms with Crippen LogP contribution in [0.3, 0.4) is 0 Å². The SMILES string of the molecule is CC(C)N(CC(=O)N(Cc1ccccc1)Cc1cccs1)C(=O)c1cccs1. The molecular weight excluding hydrogens is 388 g/mol. The second-order valence-corrected chi connectivity index (χ2v) is 8.80. The molecule has 2 aromatic heterocycles. The Morgan fingerprint density at radius 2 is 1.61 bits per heavy atom. The number of carbonyl (C=O) groups excluding carboxylic acids is 2. The summed E-state index contributed by atoms with van der Waals surface area (Å²) in [4.78, 5) is 31.3. The summed E-state index contributed by atoms with van der Waals surface area (Å²) in [6, 6.07) is 17.6. The zero-order valence-electron chi connectivity index (χ0n) is 16.1. The molecule has 6 heteroatoms. The summed E-state index contributed by atoms with van der Waals surface area (Å²) in [5.74, 6) is -0.134. The van der Waals surface area contributed by atoms with E-state index in [9.17, 15) is 9.59 Å². The molecule has 0 saturated carbocycles. The summed E-state index contributed by atoms with van der Waals surface area (Å²) >= 11 is 3.04. The van der Waals surface area contributed by atoms with Gasteiger partial charge < -0.3 is 9.80 Å². The lowest BCUT2D eigenvalue weighted by Crippen LogP contribution is -2.45. The molecule has 4 nitrogen and oxygen atoms in total. The summed E-state index contributed by atoms with van der Waals surface area (Å²) in [5.41, 5.74) is 1.08. The highest BCUT2D eigenvalue weighted by Gasteiger charge is 2.25. The van der Waals surface area contributed by atoms with E-state index in [2.05, 4.69) is 0 Å². The maximum absolute atomic E-state index is 13.2. The van der Waals surface area contributed by atoms with Gasteiger partial charge in [0.15, 0.2) is 0 Å². The fourth-order valence-electron chi connectivity index (χ4n) is 2.90. The number of benzene rings is 1. The van der Waals surface area contributed by atoms with Gasteiger partial charge in [0.25, 0.3) is 5.91 Å². The quantitative estimate of drug-likeness (QED) is 0.529. The summed E-state index contributed by atoms with van der Waals surface area (Å²) < 4.78 is 0. The molecule has 0 bridgehead atoms. The van der Waals surface area contributed by atoms with E-state index in [0.717, 1.165) is 10.4 Å². The monoisotopic (exact) mass is 412 g/mol. The van der Waals surface area contributed by atoms with Gasteiger partial charge in [0.2, 0.25) is 5.91 Å². The van der Waals surface area contributed by atoms with Crippen LogP contribution in [0.2, 0.25) is 0 Å². The van der Waals surface area contributed by atoms with Gasteiger partial charge >= 0.3 is 0 Å². The lowest BCUT2D eigenvalue weighted by atomic mass is 10.2. The highest BCUT2D eigenvalue weighted by molar-refractivity contribution is 7.12. The molecule has 0 unspecified atom stereocenters. The normalized spacial score (nSPS) is 10.8. The summed E-state index contributed by atoms with van der Waals surface area (Å²) in [6.07, 6.45) is 0. The molecule has 3 rings (SSSR count). The Labute approximate surface area is 174 Å². The molecule has 28 heavy (non-hydrogen) atoms. The van der Waals surface area contributed by atoms with Crippen molar-refractivity contribution in [3.05, 3.63) is 80.7 Å². The maximum Gasteiger partial charge on any atom is 0.264 e. The average molecular weight is 413 g/mol. The Morgan fingerprint density at radius 3 is 2.21 bits per heavy atom. The van der Waals surface area contributed by atoms with Crippen molar-refractivity contribution in [3.63, 3.8) is 0 Å². The first-order chi connectivity index (χ1) is 13.5. The summed E-state index contributed by atoms with van der Waals surface area (Å²) in [7, 11) is 0. The minimum Gasteiger partial charge on any atom is -0.332 e. The van der Waals surface area contributed by atoms with E-state index in [4.69, 9.17) is 0 Å². The molecule has 0 spiro atoms. The first-order valence-corrected chi connectivity index (χ1v) is 11.0. The number of hydrogen-bond donors (Lipinski definition) is 0. The van der Waals surface area contributed by atoms with Gasteiger partial charge in [0.1, 0.15) is 6.54 Å². The van der Waals surface area contributed by atoms with Crippen molar-refractivity contribution < 1.29 is 9.59 Å². The van der Waals surface area contributed by atoms with Crippen LogP contribution in [0.25, 0.3) is 0 Å². The van der Waals surface area contributed by atoms with E-state index in [1.807, 2.05) is 78.0 Å². The second-order valence-electron chi connectivity index (χ2n) is 6.82. The number of carbonyl (C=O) groups is 2. The van der Waals surface area contributed by atoms with Crippen LogP contribution >= 0.6 is 22.7 Å². The molecule has 0 fully saturated rings. The summed E-state index contributed by atoms with van der Waals surface area (Å²) in [6.45, 7) is 5.03. The van der Waals surface area contributed by atoms with Crippen LogP contribution in [0.1, 0.15) is 34.0 Å². The van der Waals surface area contributed by atoms with Crippen LogP contribution in [0.4, 0.5) is 0 Å². The first kappa shape index (κ1) is 20.3. The van der Waals surface area contributed by atoms with Gasteiger partial charge in [-0.1, -0.05) is 42.5 Å². The van der Waals surface area contributed by atoms with Gasteiger partial charge in [-0.05, 0) is 42.3 Å². The molecule has 1 aromatic carbocycles. The highest BCUT2D eigenvalue weighted by atomic mass is 32.1. The zero-order valence-corrected chi connectivity index (χ0v) is 17.7. The van der Waals surface area contributed by atoms with Gasteiger partial charge in [0, 0.05) is 17.5 Å². The van der Waals surface area contributed by atoms with Crippen molar-refractivity contribution >= 4 is 34.5 Å². The molecule has 0 N–H and O–H groups in total. The Hall–Kier alpha value is -2.44. The van der Waals surface area contributed by atoms with Gasteiger partial charge in [0.05, 0.1) is 11.4 Å². The Morgan fingerprint density at radius 1 is 0.893 bits per heavy atom. The Bertz CT molecular complexity index is 875. The molecule has 2 amide bonds. The van der Waals surface area contributed by atoms with Crippen LogP contribution in [0.15, 0.2) is 65.4 Å². The van der Waals surface area contributed by atoms with Gasteiger partial charge in [-0.3, -0.25) is 9.59 Å². The molecule has 3 aromatic rings. The topological polar surface area (TPSA) is 40.6 Å². The van der Waals surface area contributed by atoms with Crippen LogP contribution in [-0.2, 0) is 17.9 Å². The molecule has 146 valence electrons. The number of amides is 2. The van der Waals surface area contributed by atoms with Crippen molar-refractivity contribution in [2.75, 3.05) is 6.54 Å². The van der Waals surface area contributed by atoms with Gasteiger partial charge in [-0.25, -0.2) is 0 Å². The van der Waals surface area contributed by atoms with Gasteiger partial charge in [-0.15, -0.1) is 22.7 Å². The number of nitrogens with zero attached hydrogens (tertiary/aromatic N) is 2. The standard InChI is InChI=1S/C22H24N2O2S2/c1-17(2)24(22(26)20-11-7-13-28-20)16-21(25)23(15-19-10-6-12-27-19)14-18-8-4-3-5-9-18/h3-13,17H,14-16H2,1-2H3. The van der Waals surface area contributed by atoms with Crippen LogP contribution in [0.5, 0.6) is 0 Å². The molecule has 0 radical (unpaired) electrons. The van der Waals surface area contributed by atoms with E-state index in [1.165, 1.54) is 11.3 Å². The molecule has 0 aliphatic carbocycles. The zero-order chi connectivity index (χ0) is 19.9. The minimum atomic E-state index is -0.0888. The lowest BCUT2D eigenvalue weighted by molar-refractivity contribution is -0.133. The van der Waals surface area contributed by atoms with Gasteiger partial charge in [-0.2, -0.15) is 0 Å². The van der Waals surface area contributed by atoms with E-state index in [1.54, 1.807) is 22.3 Å². The van der Waals surface area contributed by atoms with E-state index < -0.39 is 0 Å². The Balaban J connectivity index is 1.77. The molecule has 0 aliphatic heterocycles. The number of thiophene rings is 2. The fourth-order valence-corrected chi connectivity index (χ4v) is 4.30. The molecule has 2 heterocycles. The van der Waals surface area contributed by atoms with Crippen LogP contribution in [-0.4, -0.2) is 34.2 Å². The van der Waals surface area contributed by atoms with Crippen molar-refractivity contribution in [1.82, 2.24) is 9.80 Å². The van der Waals surface area contributed by atoms with Crippen LogP contribution < -0.4 is 0 Å². The minimum absolute atomic E-state index is 0.0455. The smallest absolute Gasteiger partial charge is 0.264 e. The van der Waals surface area contributed by atoms with E-state index >= 15 is 0 Å². The van der Waals surface area contributed by atoms with E-state index in [-0.39, 0.29) is 24.4 Å². The van der Waals surface area contributed by atoms with Crippen molar-refractivity contribution in [2.45, 2.75) is 33.0 Å². The lowest BCUT2D eigenvalue weighted by Gasteiger charge is -2.29. The molecular formula is C22H24N2O2S2. The highest BCUT2D eigenvalue weighted by Crippen LogP contribution is 2.18. The molecule has 0 aliphatic rings. The third-order valence-electron chi connectivity index (χ3n) is 4.42.